The SMILES string of the molecule is N#CC[C@H](N)c1cc(Cl)cc(Cl)c1O. The summed E-state index contributed by atoms with van der Waals surface area (Å²) in [6.45, 7) is 0. The molecule has 1 rings (SSSR count). The highest BCUT2D eigenvalue weighted by Gasteiger charge is 2.14. The largest absolute Gasteiger partial charge is 0.506 e. The van der Waals surface area contributed by atoms with Crippen molar-refractivity contribution in [3.05, 3.63) is 27.7 Å². The fraction of sp³-hybridized carbons (Fsp3) is 0.222. The number of nitrogens with zero attached hydrogens (tertiary/aromatic N) is 1. The Hall–Kier alpha value is -0.950. The minimum Gasteiger partial charge on any atom is -0.506 e. The van der Waals surface area contributed by atoms with E-state index in [1.165, 1.54) is 12.1 Å². The molecule has 1 atom stereocenters. The molecule has 0 saturated heterocycles. The van der Waals surface area contributed by atoms with Gasteiger partial charge in [0.25, 0.3) is 0 Å². The number of nitriles is 1. The first-order valence-corrected chi connectivity index (χ1v) is 4.62. The minimum atomic E-state index is -0.573. The molecule has 0 unspecified atom stereocenters. The zero-order chi connectivity index (χ0) is 10.7. The second-order valence-electron chi connectivity index (χ2n) is 2.79. The van der Waals surface area contributed by atoms with Crippen molar-refractivity contribution in [3.63, 3.8) is 0 Å². The predicted octanol–water partition coefficient (Wildman–Crippen LogP) is 2.61. The quantitative estimate of drug-likeness (QED) is 0.821. The predicted molar refractivity (Wildman–Crippen MR) is 55.3 cm³/mol. The topological polar surface area (TPSA) is 70.0 Å². The number of hydrogen-bond acceptors (Lipinski definition) is 3. The van der Waals surface area contributed by atoms with Gasteiger partial charge in [0, 0.05) is 16.6 Å². The molecule has 0 aliphatic carbocycles. The lowest BCUT2D eigenvalue weighted by atomic mass is 10.0. The average Bonchev–Trinajstić information content (AvgIpc) is 2.11. The van der Waals surface area contributed by atoms with Gasteiger partial charge in [0.15, 0.2) is 0 Å². The zero-order valence-corrected chi connectivity index (χ0v) is 8.68. The van der Waals surface area contributed by atoms with Gasteiger partial charge in [-0.25, -0.2) is 0 Å². The number of aromatic hydroxyl groups is 1. The van der Waals surface area contributed by atoms with Crippen LogP contribution in [0.2, 0.25) is 10.0 Å². The molecule has 3 nitrogen and oxygen atoms in total. The van der Waals surface area contributed by atoms with E-state index < -0.39 is 6.04 Å². The standard InChI is InChI=1S/C9H8Cl2N2O/c10-5-3-6(8(13)1-2-12)9(14)7(11)4-5/h3-4,8,14H,1,13H2/t8-/m0/s1. The molecule has 0 spiro atoms. The number of hydrogen-bond donors (Lipinski definition) is 2. The summed E-state index contributed by atoms with van der Waals surface area (Å²) in [5.41, 5.74) is 6.04. The molecule has 0 bridgehead atoms. The molecule has 5 heteroatoms. The van der Waals surface area contributed by atoms with Crippen LogP contribution in [0.3, 0.4) is 0 Å². The molecule has 14 heavy (non-hydrogen) atoms. The zero-order valence-electron chi connectivity index (χ0n) is 7.17. The van der Waals surface area contributed by atoms with E-state index in [9.17, 15) is 5.11 Å². The van der Waals surface area contributed by atoms with E-state index >= 15 is 0 Å². The molecule has 0 saturated carbocycles. The Bertz CT molecular complexity index is 387. The third kappa shape index (κ3) is 2.30. The van der Waals surface area contributed by atoms with Gasteiger partial charge < -0.3 is 10.8 Å². The van der Waals surface area contributed by atoms with Crippen molar-refractivity contribution in [1.82, 2.24) is 0 Å². The number of phenols is 1. The third-order valence-corrected chi connectivity index (χ3v) is 2.27. The molecular weight excluding hydrogens is 223 g/mol. The van der Waals surface area contributed by atoms with E-state index in [0.717, 1.165) is 0 Å². The first-order valence-electron chi connectivity index (χ1n) is 3.86. The maximum Gasteiger partial charge on any atom is 0.139 e. The Morgan fingerprint density at radius 1 is 1.50 bits per heavy atom. The van der Waals surface area contributed by atoms with E-state index in [2.05, 4.69) is 0 Å². The van der Waals surface area contributed by atoms with Crippen LogP contribution in [0.15, 0.2) is 12.1 Å². The molecule has 1 aromatic carbocycles. The molecule has 0 amide bonds. The highest BCUT2D eigenvalue weighted by atomic mass is 35.5. The normalized spacial score (nSPS) is 12.1. The Kier molecular flexibility index (Phi) is 3.59. The van der Waals surface area contributed by atoms with Crippen molar-refractivity contribution in [2.75, 3.05) is 0 Å². The number of halogens is 2. The molecule has 0 aromatic heterocycles. The molecular formula is C9H8Cl2N2O. The Morgan fingerprint density at radius 2 is 2.14 bits per heavy atom. The van der Waals surface area contributed by atoms with Gasteiger partial charge in [-0.05, 0) is 12.1 Å². The van der Waals surface area contributed by atoms with Gasteiger partial charge in [-0.15, -0.1) is 0 Å². The van der Waals surface area contributed by atoms with Crippen LogP contribution in [-0.4, -0.2) is 5.11 Å². The smallest absolute Gasteiger partial charge is 0.139 e. The monoisotopic (exact) mass is 230 g/mol. The summed E-state index contributed by atoms with van der Waals surface area (Å²) < 4.78 is 0. The molecule has 1 aromatic rings. The van der Waals surface area contributed by atoms with Crippen LogP contribution in [-0.2, 0) is 0 Å². The minimum absolute atomic E-state index is 0.101. The highest BCUT2D eigenvalue weighted by Crippen LogP contribution is 2.34. The molecule has 0 heterocycles. The van der Waals surface area contributed by atoms with Crippen molar-refractivity contribution >= 4 is 23.2 Å². The molecule has 3 N–H and O–H groups in total. The van der Waals surface area contributed by atoms with Gasteiger partial charge in [-0.1, -0.05) is 23.2 Å². The first-order chi connectivity index (χ1) is 6.56. The summed E-state index contributed by atoms with van der Waals surface area (Å²) in [5, 5.41) is 18.5. The molecule has 0 radical (unpaired) electrons. The Balaban J connectivity index is 3.14. The number of benzene rings is 1. The van der Waals surface area contributed by atoms with Gasteiger partial charge in [-0.2, -0.15) is 5.26 Å². The fourth-order valence-electron chi connectivity index (χ4n) is 1.08. The van der Waals surface area contributed by atoms with Crippen LogP contribution in [0.5, 0.6) is 5.75 Å². The lowest BCUT2D eigenvalue weighted by Crippen LogP contribution is -2.09. The summed E-state index contributed by atoms with van der Waals surface area (Å²) in [7, 11) is 0. The fourth-order valence-corrected chi connectivity index (χ4v) is 1.59. The van der Waals surface area contributed by atoms with E-state index in [1.54, 1.807) is 0 Å². The van der Waals surface area contributed by atoms with Crippen LogP contribution < -0.4 is 5.73 Å². The van der Waals surface area contributed by atoms with Gasteiger partial charge in [-0.3, -0.25) is 0 Å². The van der Waals surface area contributed by atoms with Crippen LogP contribution in [0, 0.1) is 11.3 Å². The van der Waals surface area contributed by atoms with Crippen LogP contribution >= 0.6 is 23.2 Å². The lowest BCUT2D eigenvalue weighted by Gasteiger charge is -2.11. The molecule has 74 valence electrons. The van der Waals surface area contributed by atoms with E-state index in [1.807, 2.05) is 6.07 Å². The van der Waals surface area contributed by atoms with E-state index in [4.69, 9.17) is 34.2 Å². The van der Waals surface area contributed by atoms with Crippen LogP contribution in [0.25, 0.3) is 0 Å². The van der Waals surface area contributed by atoms with Crippen molar-refractivity contribution < 1.29 is 5.11 Å². The summed E-state index contributed by atoms with van der Waals surface area (Å²) in [4.78, 5) is 0. The maximum atomic E-state index is 9.54. The summed E-state index contributed by atoms with van der Waals surface area (Å²) in [5.74, 6) is -0.112. The maximum absolute atomic E-state index is 9.54. The van der Waals surface area contributed by atoms with Gasteiger partial charge >= 0.3 is 0 Å². The second kappa shape index (κ2) is 4.52. The molecule has 0 aliphatic rings. The lowest BCUT2D eigenvalue weighted by molar-refractivity contribution is 0.462. The number of rotatable bonds is 2. The average molecular weight is 231 g/mol. The van der Waals surface area contributed by atoms with Gasteiger partial charge in [0.1, 0.15) is 5.75 Å². The van der Waals surface area contributed by atoms with Gasteiger partial charge in [0.2, 0.25) is 0 Å². The summed E-state index contributed by atoms with van der Waals surface area (Å²) >= 11 is 11.4. The second-order valence-corrected chi connectivity index (χ2v) is 3.64. The van der Waals surface area contributed by atoms with Crippen molar-refractivity contribution in [2.45, 2.75) is 12.5 Å². The molecule has 0 aliphatic heterocycles. The van der Waals surface area contributed by atoms with Crippen molar-refractivity contribution in [2.24, 2.45) is 5.73 Å². The highest BCUT2D eigenvalue weighted by molar-refractivity contribution is 6.35. The van der Waals surface area contributed by atoms with Crippen LogP contribution in [0.4, 0.5) is 0 Å². The van der Waals surface area contributed by atoms with E-state index in [-0.39, 0.29) is 17.2 Å². The number of phenolic OH excluding ortho intramolecular Hbond substituents is 1. The molecule has 0 fully saturated rings. The van der Waals surface area contributed by atoms with Crippen molar-refractivity contribution in [3.8, 4) is 11.8 Å². The van der Waals surface area contributed by atoms with Crippen LogP contribution in [0.1, 0.15) is 18.0 Å². The first kappa shape index (κ1) is 11.1. The van der Waals surface area contributed by atoms with Gasteiger partial charge in [0.05, 0.1) is 17.5 Å². The number of nitrogens with two attached hydrogens (primary N) is 1. The Labute approximate surface area is 91.7 Å². The summed E-state index contributed by atoms with van der Waals surface area (Å²) in [6.07, 6.45) is 0.101. The van der Waals surface area contributed by atoms with E-state index in [0.29, 0.717) is 10.6 Å². The Morgan fingerprint density at radius 3 is 2.71 bits per heavy atom. The summed E-state index contributed by atoms with van der Waals surface area (Å²) in [6, 6.07) is 4.26. The third-order valence-electron chi connectivity index (χ3n) is 1.77. The van der Waals surface area contributed by atoms with Crippen molar-refractivity contribution in [1.29, 1.82) is 5.26 Å².